The van der Waals surface area contributed by atoms with Crippen molar-refractivity contribution in [2.75, 3.05) is 5.75 Å². The third-order valence-corrected chi connectivity index (χ3v) is 4.17. The summed E-state index contributed by atoms with van der Waals surface area (Å²) in [5.74, 6) is 0.711. The Kier molecular flexibility index (Phi) is 3.06. The summed E-state index contributed by atoms with van der Waals surface area (Å²) in [6, 6.07) is 7.94. The lowest BCUT2D eigenvalue weighted by atomic mass is 10.0. The highest BCUT2D eigenvalue weighted by Crippen LogP contribution is 2.25. The van der Waals surface area contributed by atoms with E-state index in [1.54, 1.807) is 4.57 Å². The fourth-order valence-corrected chi connectivity index (χ4v) is 3.22. The smallest absolute Gasteiger partial charge is 0.261 e. The summed E-state index contributed by atoms with van der Waals surface area (Å²) >= 11 is 1.51. The second kappa shape index (κ2) is 4.74. The van der Waals surface area contributed by atoms with Gasteiger partial charge in [-0.2, -0.15) is 4.98 Å². The Bertz CT molecular complexity index is 694. The zero-order chi connectivity index (χ0) is 13.4. The summed E-state index contributed by atoms with van der Waals surface area (Å²) in [6.45, 7) is 2.68. The first-order valence-corrected chi connectivity index (χ1v) is 7.15. The van der Waals surface area contributed by atoms with Crippen LogP contribution in [0.25, 0.3) is 0 Å². The Morgan fingerprint density at radius 3 is 3.11 bits per heavy atom. The molecule has 1 aromatic carbocycles. The van der Waals surface area contributed by atoms with Crippen LogP contribution in [0.15, 0.2) is 34.2 Å². The quantitative estimate of drug-likeness (QED) is 0.851. The zero-order valence-corrected chi connectivity index (χ0v) is 11.4. The third kappa shape index (κ3) is 2.26. The SMILES string of the molecule is Cc1cccc(Cc2c(O)nc3n(c2=O)CCS3)c1. The number of nitrogens with zero attached hydrogens (tertiary/aromatic N) is 2. The van der Waals surface area contributed by atoms with Gasteiger partial charge in [-0.1, -0.05) is 41.6 Å². The van der Waals surface area contributed by atoms with Crippen LogP contribution in [0.4, 0.5) is 0 Å². The molecule has 0 saturated heterocycles. The van der Waals surface area contributed by atoms with E-state index in [4.69, 9.17) is 0 Å². The van der Waals surface area contributed by atoms with Crippen molar-refractivity contribution in [2.45, 2.75) is 25.0 Å². The van der Waals surface area contributed by atoms with E-state index in [0.717, 1.165) is 16.9 Å². The molecule has 1 aliphatic rings. The highest BCUT2D eigenvalue weighted by atomic mass is 32.2. The maximum atomic E-state index is 12.3. The van der Waals surface area contributed by atoms with Crippen molar-refractivity contribution in [1.82, 2.24) is 9.55 Å². The predicted molar refractivity (Wildman–Crippen MR) is 74.9 cm³/mol. The molecule has 0 unspecified atom stereocenters. The van der Waals surface area contributed by atoms with Gasteiger partial charge in [0.1, 0.15) is 0 Å². The number of fused-ring (bicyclic) bond motifs is 1. The predicted octanol–water partition coefficient (Wildman–Crippen LogP) is 1.95. The summed E-state index contributed by atoms with van der Waals surface area (Å²) in [5, 5.41) is 10.6. The molecule has 0 fully saturated rings. The first-order chi connectivity index (χ1) is 9.15. The number of hydrogen-bond donors (Lipinski definition) is 1. The van der Waals surface area contributed by atoms with E-state index in [1.807, 2.05) is 31.2 Å². The van der Waals surface area contributed by atoms with E-state index >= 15 is 0 Å². The van der Waals surface area contributed by atoms with E-state index in [2.05, 4.69) is 4.98 Å². The fraction of sp³-hybridized carbons (Fsp3) is 0.286. The molecule has 19 heavy (non-hydrogen) atoms. The maximum Gasteiger partial charge on any atom is 0.261 e. The molecule has 5 heteroatoms. The van der Waals surface area contributed by atoms with Crippen LogP contribution < -0.4 is 5.56 Å². The molecule has 0 radical (unpaired) electrons. The van der Waals surface area contributed by atoms with E-state index in [0.29, 0.717) is 23.7 Å². The van der Waals surface area contributed by atoms with Crippen molar-refractivity contribution in [2.24, 2.45) is 0 Å². The second-order valence-corrected chi connectivity index (χ2v) is 5.73. The number of aryl methyl sites for hydroxylation is 1. The monoisotopic (exact) mass is 274 g/mol. The molecule has 0 bridgehead atoms. The molecule has 0 amide bonds. The van der Waals surface area contributed by atoms with Gasteiger partial charge in [0.05, 0.1) is 5.56 Å². The number of aromatic hydroxyl groups is 1. The van der Waals surface area contributed by atoms with Crippen LogP contribution in [0, 0.1) is 6.92 Å². The van der Waals surface area contributed by atoms with Crippen LogP contribution in [0.1, 0.15) is 16.7 Å². The van der Waals surface area contributed by atoms with Crippen LogP contribution in [0.3, 0.4) is 0 Å². The van der Waals surface area contributed by atoms with Gasteiger partial charge in [-0.05, 0) is 12.5 Å². The summed E-state index contributed by atoms with van der Waals surface area (Å²) in [6.07, 6.45) is 0.421. The molecule has 3 rings (SSSR count). The van der Waals surface area contributed by atoms with Gasteiger partial charge in [-0.3, -0.25) is 9.36 Å². The fourth-order valence-electron chi connectivity index (χ4n) is 2.28. The molecule has 0 aliphatic carbocycles. The molecule has 0 saturated carbocycles. The van der Waals surface area contributed by atoms with Gasteiger partial charge in [0.25, 0.3) is 5.56 Å². The van der Waals surface area contributed by atoms with E-state index < -0.39 is 0 Å². The Balaban J connectivity index is 2.04. The van der Waals surface area contributed by atoms with Crippen LogP contribution in [0.2, 0.25) is 0 Å². The molecule has 98 valence electrons. The largest absolute Gasteiger partial charge is 0.493 e. The minimum Gasteiger partial charge on any atom is -0.493 e. The van der Waals surface area contributed by atoms with E-state index in [-0.39, 0.29) is 11.4 Å². The topological polar surface area (TPSA) is 55.1 Å². The molecule has 0 spiro atoms. The minimum absolute atomic E-state index is 0.117. The van der Waals surface area contributed by atoms with Crippen molar-refractivity contribution >= 4 is 11.8 Å². The number of aromatic nitrogens is 2. The van der Waals surface area contributed by atoms with Crippen molar-refractivity contribution in [3.8, 4) is 5.88 Å². The van der Waals surface area contributed by atoms with Gasteiger partial charge in [-0.25, -0.2) is 0 Å². The summed E-state index contributed by atoms with van der Waals surface area (Å²) in [5.41, 5.74) is 2.42. The highest BCUT2D eigenvalue weighted by Gasteiger charge is 2.20. The van der Waals surface area contributed by atoms with Crippen molar-refractivity contribution in [3.05, 3.63) is 51.3 Å². The van der Waals surface area contributed by atoms with Crippen LogP contribution in [-0.2, 0) is 13.0 Å². The van der Waals surface area contributed by atoms with Gasteiger partial charge < -0.3 is 5.11 Å². The van der Waals surface area contributed by atoms with Crippen molar-refractivity contribution in [3.63, 3.8) is 0 Å². The maximum absolute atomic E-state index is 12.3. The Labute approximate surface area is 115 Å². The number of hydrogen-bond acceptors (Lipinski definition) is 4. The van der Waals surface area contributed by atoms with Gasteiger partial charge in [0, 0.05) is 18.7 Å². The van der Waals surface area contributed by atoms with Crippen molar-refractivity contribution in [1.29, 1.82) is 0 Å². The molecule has 1 N–H and O–H groups in total. The normalized spacial score (nSPS) is 13.5. The lowest BCUT2D eigenvalue weighted by Crippen LogP contribution is -2.24. The standard InChI is InChI=1S/C14H14N2O2S/c1-9-3-2-4-10(7-9)8-11-12(17)15-14-16(13(11)18)5-6-19-14/h2-4,7,17H,5-6,8H2,1H3. The first kappa shape index (κ1) is 12.3. The lowest BCUT2D eigenvalue weighted by molar-refractivity contribution is 0.428. The Hall–Kier alpha value is -1.75. The molecular formula is C14H14N2O2S. The Morgan fingerprint density at radius 1 is 1.47 bits per heavy atom. The molecule has 0 atom stereocenters. The van der Waals surface area contributed by atoms with Gasteiger partial charge in [0.15, 0.2) is 5.16 Å². The van der Waals surface area contributed by atoms with Gasteiger partial charge in [0.2, 0.25) is 5.88 Å². The molecule has 1 aliphatic heterocycles. The average molecular weight is 274 g/mol. The van der Waals surface area contributed by atoms with Gasteiger partial charge in [-0.15, -0.1) is 0 Å². The highest BCUT2D eigenvalue weighted by molar-refractivity contribution is 7.99. The number of thioether (sulfide) groups is 1. The third-order valence-electron chi connectivity index (χ3n) is 3.22. The zero-order valence-electron chi connectivity index (χ0n) is 10.6. The summed E-state index contributed by atoms with van der Waals surface area (Å²) in [4.78, 5) is 16.4. The van der Waals surface area contributed by atoms with Crippen LogP contribution in [-0.4, -0.2) is 20.4 Å². The first-order valence-electron chi connectivity index (χ1n) is 6.16. The lowest BCUT2D eigenvalue weighted by Gasteiger charge is -2.08. The van der Waals surface area contributed by atoms with Crippen LogP contribution in [0.5, 0.6) is 5.88 Å². The summed E-state index contributed by atoms with van der Waals surface area (Å²) < 4.78 is 1.65. The van der Waals surface area contributed by atoms with E-state index in [9.17, 15) is 9.90 Å². The minimum atomic E-state index is -0.132. The molecule has 2 heterocycles. The summed E-state index contributed by atoms with van der Waals surface area (Å²) in [7, 11) is 0. The van der Waals surface area contributed by atoms with Gasteiger partial charge >= 0.3 is 0 Å². The Morgan fingerprint density at radius 2 is 2.32 bits per heavy atom. The molecule has 4 nitrogen and oxygen atoms in total. The average Bonchev–Trinajstić information content (AvgIpc) is 2.83. The number of rotatable bonds is 2. The van der Waals surface area contributed by atoms with Crippen molar-refractivity contribution < 1.29 is 5.11 Å². The van der Waals surface area contributed by atoms with Crippen LogP contribution >= 0.6 is 11.8 Å². The number of benzene rings is 1. The molecular weight excluding hydrogens is 260 g/mol. The van der Waals surface area contributed by atoms with E-state index in [1.165, 1.54) is 11.8 Å². The second-order valence-electron chi connectivity index (χ2n) is 4.67. The molecule has 1 aromatic heterocycles. The molecule has 2 aromatic rings.